The first-order valence-corrected chi connectivity index (χ1v) is 8.86. The number of carbonyl (C=O) groups excluding carboxylic acids is 1. The Kier molecular flexibility index (Phi) is 5.29. The fraction of sp³-hybridized carbons (Fsp3) is 0.294. The van der Waals surface area contributed by atoms with Crippen LogP contribution < -0.4 is 11.5 Å². The predicted molar refractivity (Wildman–Crippen MR) is 103 cm³/mol. The van der Waals surface area contributed by atoms with E-state index in [-0.39, 0.29) is 11.8 Å². The second-order valence-electron chi connectivity index (χ2n) is 6.18. The highest BCUT2D eigenvalue weighted by Crippen LogP contribution is 2.31. The summed E-state index contributed by atoms with van der Waals surface area (Å²) in [5.41, 5.74) is 12.3. The lowest BCUT2D eigenvalue weighted by Crippen LogP contribution is -2.41. The number of nitrogens with zero attached hydrogens (tertiary/aromatic N) is 2. The van der Waals surface area contributed by atoms with E-state index in [4.69, 9.17) is 39.8 Å². The Labute approximate surface area is 160 Å². The lowest BCUT2D eigenvalue weighted by Gasteiger charge is -2.31. The highest BCUT2D eigenvalue weighted by atomic mass is 35.5. The zero-order chi connectivity index (χ0) is 18.8. The highest BCUT2D eigenvalue weighted by Gasteiger charge is 2.26. The number of carbonyl (C=O) groups is 1. The summed E-state index contributed by atoms with van der Waals surface area (Å²) in [4.78, 5) is 21.6. The molecule has 7 nitrogen and oxygen atoms in total. The number of aromatic amines is 1. The van der Waals surface area contributed by atoms with Crippen molar-refractivity contribution in [2.24, 2.45) is 22.4 Å². The van der Waals surface area contributed by atoms with Gasteiger partial charge in [-0.15, -0.1) is 0 Å². The van der Waals surface area contributed by atoms with E-state index in [2.05, 4.69) is 9.98 Å². The molecule has 9 heteroatoms. The normalized spacial score (nSPS) is 17.1. The van der Waals surface area contributed by atoms with Gasteiger partial charge in [0.15, 0.2) is 0 Å². The number of piperidine rings is 1. The molecule has 1 saturated heterocycles. The summed E-state index contributed by atoms with van der Waals surface area (Å²) < 4.78 is 0. The van der Waals surface area contributed by atoms with E-state index in [0.29, 0.717) is 47.5 Å². The minimum absolute atomic E-state index is 0.0469. The molecule has 0 saturated carbocycles. The largest absolute Gasteiger partial charge is 0.494 e. The average Bonchev–Trinajstić information content (AvgIpc) is 3.07. The number of fused-ring (bicyclic) bond motifs is 1. The molecule has 1 aliphatic rings. The Morgan fingerprint density at radius 2 is 2.00 bits per heavy atom. The summed E-state index contributed by atoms with van der Waals surface area (Å²) in [7, 11) is 0. The van der Waals surface area contributed by atoms with Crippen LogP contribution in [0, 0.1) is 5.92 Å². The van der Waals surface area contributed by atoms with E-state index in [0.717, 1.165) is 17.1 Å². The van der Waals surface area contributed by atoms with Crippen molar-refractivity contribution in [3.05, 3.63) is 46.0 Å². The standard InChI is InChI=1S/C17H19Cl2N5O2/c18-11-1-2-12-10(15(11)19)7-13(23-12)17(26)24-5-3-9(4-6-24)16(21)22-8-14(20)25/h1-2,7-9,23,25H,3-6,20H2,(H2,21,22)/b14-8-. The van der Waals surface area contributed by atoms with Gasteiger partial charge < -0.3 is 26.5 Å². The maximum Gasteiger partial charge on any atom is 0.270 e. The number of rotatable bonds is 3. The number of aromatic nitrogens is 1. The van der Waals surface area contributed by atoms with Gasteiger partial charge in [0.2, 0.25) is 5.88 Å². The van der Waals surface area contributed by atoms with Gasteiger partial charge in [0.05, 0.1) is 16.2 Å². The van der Waals surface area contributed by atoms with Crippen molar-refractivity contribution in [1.29, 1.82) is 0 Å². The zero-order valence-corrected chi connectivity index (χ0v) is 15.4. The topological polar surface area (TPSA) is 121 Å². The van der Waals surface area contributed by atoms with Crippen LogP contribution in [0.25, 0.3) is 10.9 Å². The van der Waals surface area contributed by atoms with Crippen molar-refractivity contribution in [2.45, 2.75) is 12.8 Å². The van der Waals surface area contributed by atoms with Gasteiger partial charge in [-0.1, -0.05) is 23.2 Å². The second-order valence-corrected chi connectivity index (χ2v) is 6.97. The van der Waals surface area contributed by atoms with Crippen molar-refractivity contribution in [2.75, 3.05) is 13.1 Å². The molecule has 0 bridgehead atoms. The molecule has 0 spiro atoms. The summed E-state index contributed by atoms with van der Waals surface area (Å²) >= 11 is 12.2. The molecule has 1 aromatic heterocycles. The number of halogens is 2. The van der Waals surface area contributed by atoms with E-state index in [1.807, 2.05) is 0 Å². The van der Waals surface area contributed by atoms with E-state index in [1.165, 1.54) is 0 Å². The third-order valence-electron chi connectivity index (χ3n) is 4.47. The molecule has 1 aromatic carbocycles. The first-order chi connectivity index (χ1) is 12.4. The van der Waals surface area contributed by atoms with Crippen LogP contribution in [-0.4, -0.2) is 39.8 Å². The summed E-state index contributed by atoms with van der Waals surface area (Å²) in [6, 6.07) is 5.21. The van der Waals surface area contributed by atoms with E-state index in [9.17, 15) is 4.79 Å². The number of amides is 1. The maximum atomic E-state index is 12.8. The molecule has 26 heavy (non-hydrogen) atoms. The van der Waals surface area contributed by atoms with E-state index < -0.39 is 5.88 Å². The first-order valence-electron chi connectivity index (χ1n) is 8.10. The lowest BCUT2D eigenvalue weighted by atomic mass is 9.95. The van der Waals surface area contributed by atoms with Crippen LogP contribution in [0.4, 0.5) is 0 Å². The number of hydrogen-bond acceptors (Lipinski definition) is 4. The van der Waals surface area contributed by atoms with E-state index >= 15 is 0 Å². The maximum absolute atomic E-state index is 12.8. The highest BCUT2D eigenvalue weighted by molar-refractivity contribution is 6.45. The number of aliphatic imine (C=N–C) groups is 1. The Morgan fingerprint density at radius 3 is 2.65 bits per heavy atom. The van der Waals surface area contributed by atoms with Crippen molar-refractivity contribution in [3.8, 4) is 0 Å². The van der Waals surface area contributed by atoms with Gasteiger partial charge in [0.1, 0.15) is 11.5 Å². The fourth-order valence-electron chi connectivity index (χ4n) is 3.05. The molecular weight excluding hydrogens is 377 g/mol. The van der Waals surface area contributed by atoms with Crippen LogP contribution in [-0.2, 0) is 0 Å². The summed E-state index contributed by atoms with van der Waals surface area (Å²) in [6.07, 6.45) is 2.49. The number of H-pyrrole nitrogens is 1. The van der Waals surface area contributed by atoms with Gasteiger partial charge in [-0.05, 0) is 31.0 Å². The first kappa shape index (κ1) is 18.4. The Morgan fingerprint density at radius 1 is 1.31 bits per heavy atom. The molecule has 138 valence electrons. The number of nitrogens with one attached hydrogen (secondary N) is 1. The SMILES string of the molecule is NC(=N/C=C(/N)O)C1CCN(C(=O)c2cc3c(Cl)c(Cl)ccc3[nH]2)CC1. The van der Waals surface area contributed by atoms with Crippen LogP contribution in [0.5, 0.6) is 0 Å². The number of amidine groups is 1. The predicted octanol–water partition coefficient (Wildman–Crippen LogP) is 3.00. The molecule has 1 aliphatic heterocycles. The quantitative estimate of drug-likeness (QED) is 0.362. The van der Waals surface area contributed by atoms with Crippen LogP contribution in [0.15, 0.2) is 35.3 Å². The molecule has 1 amide bonds. The fourth-order valence-corrected chi connectivity index (χ4v) is 3.44. The van der Waals surface area contributed by atoms with Gasteiger partial charge >= 0.3 is 0 Å². The van der Waals surface area contributed by atoms with Crippen molar-refractivity contribution in [3.63, 3.8) is 0 Å². The molecular formula is C17H19Cl2N5O2. The number of nitrogens with two attached hydrogens (primary N) is 2. The van der Waals surface area contributed by atoms with Gasteiger partial charge in [0, 0.05) is 29.9 Å². The molecule has 0 unspecified atom stereocenters. The molecule has 0 radical (unpaired) electrons. The number of aliphatic hydroxyl groups is 1. The summed E-state index contributed by atoms with van der Waals surface area (Å²) in [5.74, 6) is -0.0354. The number of benzene rings is 1. The van der Waals surface area contributed by atoms with Crippen LogP contribution in [0.1, 0.15) is 23.3 Å². The smallest absolute Gasteiger partial charge is 0.270 e. The lowest BCUT2D eigenvalue weighted by molar-refractivity contribution is 0.0705. The molecule has 1 fully saturated rings. The van der Waals surface area contributed by atoms with Crippen molar-refractivity contribution >= 4 is 45.8 Å². The molecule has 3 rings (SSSR count). The third kappa shape index (κ3) is 3.73. The van der Waals surface area contributed by atoms with Crippen LogP contribution >= 0.6 is 23.2 Å². The number of hydrogen-bond donors (Lipinski definition) is 4. The molecule has 0 aliphatic carbocycles. The summed E-state index contributed by atoms with van der Waals surface area (Å²) in [5, 5.41) is 10.5. The Balaban J connectivity index is 1.70. The monoisotopic (exact) mass is 395 g/mol. The van der Waals surface area contributed by atoms with Gasteiger partial charge in [-0.3, -0.25) is 4.79 Å². The van der Waals surface area contributed by atoms with Crippen molar-refractivity contribution < 1.29 is 9.90 Å². The van der Waals surface area contributed by atoms with Crippen molar-refractivity contribution in [1.82, 2.24) is 9.88 Å². The zero-order valence-electron chi connectivity index (χ0n) is 13.9. The van der Waals surface area contributed by atoms with Crippen LogP contribution in [0.3, 0.4) is 0 Å². The average molecular weight is 396 g/mol. The Bertz CT molecular complexity index is 894. The molecule has 6 N–H and O–H groups in total. The third-order valence-corrected chi connectivity index (χ3v) is 5.29. The molecule has 2 aromatic rings. The van der Waals surface area contributed by atoms with Gasteiger partial charge in [0.25, 0.3) is 5.91 Å². The van der Waals surface area contributed by atoms with Gasteiger partial charge in [-0.25, -0.2) is 4.99 Å². The number of likely N-dealkylation sites (tertiary alicyclic amines) is 1. The minimum atomic E-state index is -0.391. The van der Waals surface area contributed by atoms with Gasteiger partial charge in [-0.2, -0.15) is 0 Å². The second kappa shape index (κ2) is 7.47. The molecule has 2 heterocycles. The molecule has 0 atom stereocenters. The number of aliphatic hydroxyl groups excluding tert-OH is 1. The summed E-state index contributed by atoms with van der Waals surface area (Å²) in [6.45, 7) is 1.11. The van der Waals surface area contributed by atoms with E-state index in [1.54, 1.807) is 23.1 Å². The minimum Gasteiger partial charge on any atom is -0.494 e. The Hall–Kier alpha value is -2.38. The van der Waals surface area contributed by atoms with Crippen LogP contribution in [0.2, 0.25) is 10.0 Å².